The number of hydrogen-bond acceptors (Lipinski definition) is 2. The van der Waals surface area contributed by atoms with Crippen LogP contribution in [0.1, 0.15) is 32.0 Å². The maximum Gasteiger partial charge on any atom is 0.127 e. The SMILES string of the molecule is CC(C)COCCn1c(C(C)Cl)nc2cccc(Cl)c21. The number of imidazole rings is 1. The molecule has 0 bridgehead atoms. The molecular weight excluding hydrogens is 295 g/mol. The Morgan fingerprint density at radius 2 is 2.05 bits per heavy atom. The standard InChI is InChI=1S/C15H20Cl2N2O/c1-10(2)9-20-8-7-19-14-12(17)5-4-6-13(14)18-15(19)11(3)16/h4-6,10-11H,7-9H2,1-3H3. The average Bonchev–Trinajstić information content (AvgIpc) is 2.75. The molecule has 0 saturated carbocycles. The van der Waals surface area contributed by atoms with Crippen molar-refractivity contribution in [2.75, 3.05) is 13.2 Å². The van der Waals surface area contributed by atoms with Crippen molar-refractivity contribution < 1.29 is 4.74 Å². The summed E-state index contributed by atoms with van der Waals surface area (Å²) in [6.07, 6.45) is 0. The number of para-hydroxylation sites is 1. The molecule has 110 valence electrons. The van der Waals surface area contributed by atoms with Crippen LogP contribution < -0.4 is 0 Å². The molecule has 20 heavy (non-hydrogen) atoms. The molecule has 0 spiro atoms. The van der Waals surface area contributed by atoms with Gasteiger partial charge in [0.15, 0.2) is 0 Å². The molecule has 1 heterocycles. The van der Waals surface area contributed by atoms with Gasteiger partial charge in [-0.1, -0.05) is 31.5 Å². The minimum absolute atomic E-state index is 0.163. The van der Waals surface area contributed by atoms with E-state index in [2.05, 4.69) is 23.4 Å². The molecule has 0 aliphatic rings. The van der Waals surface area contributed by atoms with Crippen molar-refractivity contribution >= 4 is 34.2 Å². The largest absolute Gasteiger partial charge is 0.379 e. The van der Waals surface area contributed by atoms with Crippen LogP contribution in [0.4, 0.5) is 0 Å². The number of fused-ring (bicyclic) bond motifs is 1. The molecule has 0 N–H and O–H groups in total. The Morgan fingerprint density at radius 1 is 1.30 bits per heavy atom. The van der Waals surface area contributed by atoms with E-state index in [9.17, 15) is 0 Å². The van der Waals surface area contributed by atoms with Crippen LogP contribution in [0.3, 0.4) is 0 Å². The Bertz CT molecular complexity index is 579. The highest BCUT2D eigenvalue weighted by Crippen LogP contribution is 2.29. The maximum atomic E-state index is 6.30. The van der Waals surface area contributed by atoms with Gasteiger partial charge in [0.1, 0.15) is 5.82 Å². The first-order valence-electron chi connectivity index (χ1n) is 6.87. The van der Waals surface area contributed by atoms with Gasteiger partial charge in [0, 0.05) is 13.2 Å². The molecule has 1 aromatic heterocycles. The monoisotopic (exact) mass is 314 g/mol. The summed E-state index contributed by atoms with van der Waals surface area (Å²) in [5, 5.41) is 0.533. The fourth-order valence-corrected chi connectivity index (χ4v) is 2.60. The summed E-state index contributed by atoms with van der Waals surface area (Å²) in [7, 11) is 0. The van der Waals surface area contributed by atoms with Crippen LogP contribution >= 0.6 is 23.2 Å². The van der Waals surface area contributed by atoms with Crippen LogP contribution in [0.25, 0.3) is 11.0 Å². The summed E-state index contributed by atoms with van der Waals surface area (Å²) in [6.45, 7) is 8.28. The second-order valence-corrected chi connectivity index (χ2v) is 6.38. The fourth-order valence-electron chi connectivity index (χ4n) is 2.16. The van der Waals surface area contributed by atoms with Crippen molar-refractivity contribution in [2.45, 2.75) is 32.7 Å². The van der Waals surface area contributed by atoms with Crippen molar-refractivity contribution in [3.8, 4) is 0 Å². The van der Waals surface area contributed by atoms with Gasteiger partial charge in [-0.25, -0.2) is 4.98 Å². The number of alkyl halides is 1. The van der Waals surface area contributed by atoms with Crippen molar-refractivity contribution in [1.82, 2.24) is 9.55 Å². The molecule has 0 aliphatic heterocycles. The maximum absolute atomic E-state index is 6.30. The number of nitrogens with zero attached hydrogens (tertiary/aromatic N) is 2. The predicted octanol–water partition coefficient (Wildman–Crippen LogP) is 4.66. The highest BCUT2D eigenvalue weighted by molar-refractivity contribution is 6.35. The third kappa shape index (κ3) is 3.46. The molecule has 1 aromatic carbocycles. The van der Waals surface area contributed by atoms with Crippen LogP contribution in [0, 0.1) is 5.92 Å². The minimum Gasteiger partial charge on any atom is -0.379 e. The Hall–Kier alpha value is -0.770. The van der Waals surface area contributed by atoms with Gasteiger partial charge < -0.3 is 9.30 Å². The van der Waals surface area contributed by atoms with Crippen LogP contribution in [-0.4, -0.2) is 22.8 Å². The lowest BCUT2D eigenvalue weighted by molar-refractivity contribution is 0.103. The zero-order valence-corrected chi connectivity index (χ0v) is 13.6. The number of hydrogen-bond donors (Lipinski definition) is 0. The zero-order valence-electron chi connectivity index (χ0n) is 12.1. The Balaban J connectivity index is 2.27. The van der Waals surface area contributed by atoms with E-state index in [1.54, 1.807) is 0 Å². The second-order valence-electron chi connectivity index (χ2n) is 5.31. The van der Waals surface area contributed by atoms with Gasteiger partial charge in [0.2, 0.25) is 0 Å². The highest BCUT2D eigenvalue weighted by atomic mass is 35.5. The molecule has 5 heteroatoms. The van der Waals surface area contributed by atoms with E-state index in [1.807, 2.05) is 25.1 Å². The third-order valence-electron chi connectivity index (χ3n) is 3.01. The predicted molar refractivity (Wildman–Crippen MR) is 84.7 cm³/mol. The van der Waals surface area contributed by atoms with Gasteiger partial charge in [-0.2, -0.15) is 0 Å². The summed E-state index contributed by atoms with van der Waals surface area (Å²) in [5.74, 6) is 1.37. The molecule has 2 aromatic rings. The minimum atomic E-state index is -0.163. The first-order chi connectivity index (χ1) is 9.50. The summed E-state index contributed by atoms with van der Waals surface area (Å²) in [4.78, 5) is 4.58. The van der Waals surface area contributed by atoms with Gasteiger partial charge in [-0.3, -0.25) is 0 Å². The van der Waals surface area contributed by atoms with Crippen LogP contribution in [0.15, 0.2) is 18.2 Å². The zero-order chi connectivity index (χ0) is 14.7. The van der Waals surface area contributed by atoms with Crippen molar-refractivity contribution in [3.63, 3.8) is 0 Å². The number of halogens is 2. The summed E-state index contributed by atoms with van der Waals surface area (Å²) in [6, 6.07) is 5.73. The lowest BCUT2D eigenvalue weighted by Gasteiger charge is -2.12. The summed E-state index contributed by atoms with van der Waals surface area (Å²) >= 11 is 12.5. The molecule has 2 rings (SSSR count). The quantitative estimate of drug-likeness (QED) is 0.572. The molecule has 3 nitrogen and oxygen atoms in total. The normalized spacial score (nSPS) is 13.3. The molecule has 1 unspecified atom stereocenters. The highest BCUT2D eigenvalue weighted by Gasteiger charge is 2.16. The van der Waals surface area contributed by atoms with Gasteiger partial charge >= 0.3 is 0 Å². The number of rotatable bonds is 6. The van der Waals surface area contributed by atoms with Gasteiger partial charge in [0.25, 0.3) is 0 Å². The molecular formula is C15H20Cl2N2O. The summed E-state index contributed by atoms with van der Waals surface area (Å²) < 4.78 is 7.72. The van der Waals surface area contributed by atoms with E-state index < -0.39 is 0 Å². The van der Waals surface area contributed by atoms with Crippen LogP contribution in [0.5, 0.6) is 0 Å². The first kappa shape index (κ1) is 15.6. The molecule has 1 atom stereocenters. The van der Waals surface area contributed by atoms with E-state index in [0.29, 0.717) is 24.1 Å². The lowest BCUT2D eigenvalue weighted by atomic mass is 10.2. The summed E-state index contributed by atoms with van der Waals surface area (Å²) in [5.41, 5.74) is 1.81. The molecule has 0 amide bonds. The lowest BCUT2D eigenvalue weighted by Crippen LogP contribution is -2.12. The fraction of sp³-hybridized carbons (Fsp3) is 0.533. The number of ether oxygens (including phenoxy) is 1. The number of aromatic nitrogens is 2. The van der Waals surface area contributed by atoms with Crippen molar-refractivity contribution in [1.29, 1.82) is 0 Å². The van der Waals surface area contributed by atoms with Crippen molar-refractivity contribution in [2.24, 2.45) is 5.92 Å². The van der Waals surface area contributed by atoms with E-state index in [1.165, 1.54) is 0 Å². The van der Waals surface area contributed by atoms with Gasteiger partial charge in [-0.05, 0) is 25.0 Å². The Morgan fingerprint density at radius 3 is 2.70 bits per heavy atom. The molecule has 0 fully saturated rings. The van der Waals surface area contributed by atoms with E-state index >= 15 is 0 Å². The van der Waals surface area contributed by atoms with E-state index in [-0.39, 0.29) is 5.38 Å². The first-order valence-corrected chi connectivity index (χ1v) is 7.68. The van der Waals surface area contributed by atoms with Crippen LogP contribution in [0.2, 0.25) is 5.02 Å². The smallest absolute Gasteiger partial charge is 0.127 e. The van der Waals surface area contributed by atoms with E-state index in [4.69, 9.17) is 27.9 Å². The molecule has 0 saturated heterocycles. The third-order valence-corrected chi connectivity index (χ3v) is 3.51. The van der Waals surface area contributed by atoms with Gasteiger partial charge in [-0.15, -0.1) is 11.6 Å². The van der Waals surface area contributed by atoms with Gasteiger partial charge in [0.05, 0.1) is 28.0 Å². The second kappa shape index (κ2) is 6.79. The van der Waals surface area contributed by atoms with E-state index in [0.717, 1.165) is 23.5 Å². The van der Waals surface area contributed by atoms with Crippen molar-refractivity contribution in [3.05, 3.63) is 29.0 Å². The Labute approximate surface area is 129 Å². The topological polar surface area (TPSA) is 27.1 Å². The van der Waals surface area contributed by atoms with Crippen LogP contribution in [-0.2, 0) is 11.3 Å². The molecule has 0 aliphatic carbocycles. The number of benzene rings is 1. The Kier molecular flexibility index (Phi) is 5.30. The molecule has 0 radical (unpaired) electrons. The average molecular weight is 315 g/mol.